The Morgan fingerprint density at radius 2 is 1.72 bits per heavy atom. The molecule has 1 unspecified atom stereocenters. The van der Waals surface area contributed by atoms with Crippen LogP contribution in [0.3, 0.4) is 0 Å². The second-order valence-electron chi connectivity index (χ2n) is 6.27. The minimum Gasteiger partial charge on any atom is -0.504 e. The molecule has 0 bridgehead atoms. The Balaban J connectivity index is 1.51. The third-order valence-corrected chi connectivity index (χ3v) is 4.31. The molecule has 29 heavy (non-hydrogen) atoms. The first kappa shape index (κ1) is 13.9. The predicted octanol–water partition coefficient (Wildman–Crippen LogP) is 3.44. The summed E-state index contributed by atoms with van der Waals surface area (Å²) in [6, 6.07) is 18.5. The van der Waals surface area contributed by atoms with E-state index in [9.17, 15) is 10.2 Å². The summed E-state index contributed by atoms with van der Waals surface area (Å²) in [5, 5.41) is 24.0. The van der Waals surface area contributed by atoms with Crippen molar-refractivity contribution >= 4 is 21.8 Å². The fourth-order valence-corrected chi connectivity index (χ4v) is 3.02. The number of hydrogen-bond donors (Lipinski definition) is 4. The number of H-pyrrole nitrogens is 1. The summed E-state index contributed by atoms with van der Waals surface area (Å²) in [6.45, 7) is -6.36. The number of aromatic amines is 1. The topological polar surface area (TPSA) is 86.7 Å². The molecule has 4 N–H and O–H groups in total. The van der Waals surface area contributed by atoms with Crippen molar-refractivity contribution in [1.82, 2.24) is 10.3 Å². The van der Waals surface area contributed by atoms with Gasteiger partial charge < -0.3 is 30.0 Å². The number of fused-ring (bicyclic) bond motifs is 3. The van der Waals surface area contributed by atoms with E-state index in [0.717, 1.165) is 10.9 Å². The van der Waals surface area contributed by atoms with E-state index in [1.54, 1.807) is 24.3 Å². The molecule has 1 aromatic heterocycles. The van der Waals surface area contributed by atoms with Gasteiger partial charge in [0.15, 0.2) is 11.5 Å². The molecule has 0 aliphatic heterocycles. The Morgan fingerprint density at radius 1 is 0.966 bits per heavy atom. The first-order valence-corrected chi connectivity index (χ1v) is 9.10. The van der Waals surface area contributed by atoms with Crippen molar-refractivity contribution in [1.29, 1.82) is 0 Å². The van der Waals surface area contributed by atoms with Gasteiger partial charge in [-0.25, -0.2) is 0 Å². The van der Waals surface area contributed by atoms with Gasteiger partial charge >= 0.3 is 0 Å². The lowest BCUT2D eigenvalue weighted by atomic mass is 10.1. The van der Waals surface area contributed by atoms with Crippen molar-refractivity contribution in [2.75, 3.05) is 26.2 Å². The molecule has 0 amide bonds. The number of phenols is 1. The minimum absolute atomic E-state index is 0.0595. The van der Waals surface area contributed by atoms with Crippen LogP contribution < -0.4 is 14.8 Å². The van der Waals surface area contributed by atoms with E-state index in [1.807, 2.05) is 24.3 Å². The molecule has 0 aliphatic carbocycles. The molecule has 0 fully saturated rings. The average Bonchev–Trinajstić information content (AvgIpc) is 3.17. The summed E-state index contributed by atoms with van der Waals surface area (Å²) in [5.41, 5.74) is 1.47. The maximum absolute atomic E-state index is 10.7. The zero-order valence-electron chi connectivity index (χ0n) is 20.5. The summed E-state index contributed by atoms with van der Waals surface area (Å²) in [6.07, 6.45) is -3.34. The highest BCUT2D eigenvalue weighted by molar-refractivity contribution is 6.10. The molecular formula is C23H24N2O4. The van der Waals surface area contributed by atoms with Crippen molar-refractivity contribution in [3.8, 4) is 17.2 Å². The van der Waals surface area contributed by atoms with Gasteiger partial charge in [-0.2, -0.15) is 0 Å². The van der Waals surface area contributed by atoms with Crippen LogP contribution in [0.5, 0.6) is 17.2 Å². The Kier molecular flexibility index (Phi) is 4.24. The van der Waals surface area contributed by atoms with Crippen LogP contribution in [-0.2, 0) is 0 Å². The quantitative estimate of drug-likeness (QED) is 0.325. The summed E-state index contributed by atoms with van der Waals surface area (Å²) in [5.74, 6) is 0.166. The molecule has 0 spiro atoms. The second-order valence-corrected chi connectivity index (χ2v) is 6.27. The fourth-order valence-electron chi connectivity index (χ4n) is 3.02. The van der Waals surface area contributed by atoms with Crippen LogP contribution >= 0.6 is 0 Å². The van der Waals surface area contributed by atoms with Crippen LogP contribution in [0, 0.1) is 0 Å². The molecule has 6 heteroatoms. The highest BCUT2D eigenvalue weighted by atomic mass is 16.5. The molecule has 0 radical (unpaired) electrons. The van der Waals surface area contributed by atoms with Crippen LogP contribution in [0.1, 0.15) is 6.85 Å². The number of benzene rings is 3. The number of ether oxygens (including phenoxy) is 2. The molecule has 0 saturated carbocycles. The standard InChI is InChI=1S/C23H24N2O4/c26-16(14-24-12-13-28-21-10-4-3-9-20(21)27)15-29-22-11-5-8-19-23(22)17-6-1-2-7-18(17)25-19/h1-11,16,24-27H,12-15H2/i14D2,15D2,16D. The lowest BCUT2D eigenvalue weighted by molar-refractivity contribution is 0.106. The van der Waals surface area contributed by atoms with Gasteiger partial charge in [-0.1, -0.05) is 36.4 Å². The van der Waals surface area contributed by atoms with E-state index in [4.69, 9.17) is 16.3 Å². The molecule has 150 valence electrons. The van der Waals surface area contributed by atoms with Gasteiger partial charge in [0, 0.05) is 32.1 Å². The number of rotatable bonds is 9. The first-order valence-electron chi connectivity index (χ1n) is 11.6. The summed E-state index contributed by atoms with van der Waals surface area (Å²) < 4.78 is 51.8. The van der Waals surface area contributed by atoms with Crippen molar-refractivity contribution in [2.45, 2.75) is 6.08 Å². The number of aromatic hydroxyl groups is 1. The Hall–Kier alpha value is -3.22. The molecular weight excluding hydrogens is 368 g/mol. The van der Waals surface area contributed by atoms with Crippen molar-refractivity contribution < 1.29 is 26.5 Å². The van der Waals surface area contributed by atoms with E-state index >= 15 is 0 Å². The predicted molar refractivity (Wildman–Crippen MR) is 114 cm³/mol. The Morgan fingerprint density at radius 3 is 2.62 bits per heavy atom. The van der Waals surface area contributed by atoms with Crippen molar-refractivity contribution in [3.05, 3.63) is 66.7 Å². The maximum Gasteiger partial charge on any atom is 0.160 e. The second kappa shape index (κ2) is 8.86. The van der Waals surface area contributed by atoms with Crippen LogP contribution in [0.15, 0.2) is 66.7 Å². The fraction of sp³-hybridized carbons (Fsp3) is 0.217. The molecule has 0 saturated heterocycles. The van der Waals surface area contributed by atoms with Gasteiger partial charge in [0.25, 0.3) is 0 Å². The van der Waals surface area contributed by atoms with Gasteiger partial charge in [-0.3, -0.25) is 0 Å². The van der Waals surface area contributed by atoms with E-state index < -0.39 is 19.1 Å². The summed E-state index contributed by atoms with van der Waals surface area (Å²) in [7, 11) is 0. The van der Waals surface area contributed by atoms with Gasteiger partial charge in [0.1, 0.15) is 25.0 Å². The first-order chi connectivity index (χ1) is 16.0. The molecule has 1 heterocycles. The summed E-state index contributed by atoms with van der Waals surface area (Å²) >= 11 is 0. The molecule has 4 rings (SSSR count). The molecule has 0 aliphatic rings. The van der Waals surface area contributed by atoms with Crippen LogP contribution in [-0.4, -0.2) is 47.5 Å². The maximum atomic E-state index is 10.7. The Labute approximate surface area is 175 Å². The minimum atomic E-state index is -3.34. The third-order valence-electron chi connectivity index (χ3n) is 4.31. The van der Waals surface area contributed by atoms with E-state index in [0.29, 0.717) is 10.9 Å². The summed E-state index contributed by atoms with van der Waals surface area (Å²) in [4.78, 5) is 3.19. The number of nitrogens with one attached hydrogen (secondary N) is 2. The normalized spacial score (nSPS) is 16.9. The van der Waals surface area contributed by atoms with E-state index in [-0.39, 0.29) is 30.4 Å². The van der Waals surface area contributed by atoms with Crippen molar-refractivity contribution in [2.24, 2.45) is 0 Å². The van der Waals surface area contributed by atoms with E-state index in [1.165, 1.54) is 18.2 Å². The zero-order chi connectivity index (χ0) is 24.6. The average molecular weight is 397 g/mol. The van der Waals surface area contributed by atoms with Gasteiger partial charge in [-0.05, 0) is 30.3 Å². The lowest BCUT2D eigenvalue weighted by Gasteiger charge is -2.14. The molecule has 1 atom stereocenters. The van der Waals surface area contributed by atoms with Crippen molar-refractivity contribution in [3.63, 3.8) is 0 Å². The number of hydrogen-bond acceptors (Lipinski definition) is 5. The highest BCUT2D eigenvalue weighted by Crippen LogP contribution is 2.33. The van der Waals surface area contributed by atoms with Gasteiger partial charge in [0.2, 0.25) is 0 Å². The van der Waals surface area contributed by atoms with Gasteiger partial charge in [0.05, 0.1) is 9.63 Å². The largest absolute Gasteiger partial charge is 0.504 e. The molecule has 3 aromatic carbocycles. The highest BCUT2D eigenvalue weighted by Gasteiger charge is 2.11. The number of phenolic OH excluding ortho intramolecular Hbond substituents is 1. The van der Waals surface area contributed by atoms with Gasteiger partial charge in [-0.15, -0.1) is 0 Å². The zero-order valence-corrected chi connectivity index (χ0v) is 15.5. The van der Waals surface area contributed by atoms with Crippen LogP contribution in [0.25, 0.3) is 21.8 Å². The number of para-hydroxylation sites is 3. The lowest BCUT2D eigenvalue weighted by Crippen LogP contribution is -2.33. The number of aromatic nitrogens is 1. The monoisotopic (exact) mass is 397 g/mol. The van der Waals surface area contributed by atoms with E-state index in [2.05, 4.69) is 10.3 Å². The molecule has 6 nitrogen and oxygen atoms in total. The van der Waals surface area contributed by atoms with Crippen LogP contribution in [0.2, 0.25) is 0 Å². The third kappa shape index (κ3) is 4.45. The van der Waals surface area contributed by atoms with Crippen LogP contribution in [0.4, 0.5) is 0 Å². The number of aliphatic hydroxyl groups is 1. The Bertz CT molecular complexity index is 1310. The molecule has 4 aromatic rings. The smallest absolute Gasteiger partial charge is 0.160 e. The SMILES string of the molecule is [2H]C([2H])(NCCOc1ccccc1O)C([2H])(O)C([2H])([2H])Oc1cccc2[nH]c3ccccc3c12.